The monoisotopic (exact) mass is 507 g/mol. The van der Waals surface area contributed by atoms with Crippen molar-refractivity contribution in [2.45, 2.75) is 40.3 Å². The quantitative estimate of drug-likeness (QED) is 0.392. The Labute approximate surface area is 225 Å². The maximum Gasteiger partial charge on any atom is 0.272 e. The molecule has 38 heavy (non-hydrogen) atoms. The second-order valence-corrected chi connectivity index (χ2v) is 11.0. The molecule has 6 rings (SSSR count). The van der Waals surface area contributed by atoms with Crippen molar-refractivity contribution in [3.63, 3.8) is 0 Å². The van der Waals surface area contributed by atoms with Crippen molar-refractivity contribution in [2.75, 3.05) is 44.7 Å². The smallest absolute Gasteiger partial charge is 0.272 e. The van der Waals surface area contributed by atoms with Crippen molar-refractivity contribution in [3.05, 3.63) is 93.8 Å². The van der Waals surface area contributed by atoms with Gasteiger partial charge in [-0.15, -0.1) is 0 Å². The normalized spacial score (nSPS) is 16.2. The fourth-order valence-corrected chi connectivity index (χ4v) is 5.89. The predicted molar refractivity (Wildman–Crippen MR) is 154 cm³/mol. The molecule has 6 nitrogen and oxygen atoms in total. The standard InChI is InChI=1S/C32H37N5O/c1-22-9-11-25(12-10-22)20-37-24(3)23(2)28-19-29(32(38)35-17-15-34(4)16-18-35)33-31(30(28)37)36-14-13-26-7-5-6-8-27(26)21-36/h5-12,19H,13-18,20-21H2,1-4H3. The zero-order chi connectivity index (χ0) is 26.4. The highest BCUT2D eigenvalue weighted by Gasteiger charge is 2.28. The Balaban J connectivity index is 1.48. The summed E-state index contributed by atoms with van der Waals surface area (Å²) in [5.41, 5.74) is 9.43. The van der Waals surface area contributed by atoms with E-state index in [1.165, 1.54) is 33.5 Å². The van der Waals surface area contributed by atoms with Gasteiger partial charge in [0.2, 0.25) is 0 Å². The number of anilines is 1. The number of nitrogens with zero attached hydrogens (tertiary/aromatic N) is 5. The van der Waals surface area contributed by atoms with Crippen LogP contribution in [0.2, 0.25) is 0 Å². The van der Waals surface area contributed by atoms with E-state index < -0.39 is 0 Å². The highest BCUT2D eigenvalue weighted by atomic mass is 16.2. The van der Waals surface area contributed by atoms with E-state index in [4.69, 9.17) is 4.98 Å². The molecule has 0 radical (unpaired) electrons. The minimum absolute atomic E-state index is 0.0435. The van der Waals surface area contributed by atoms with Gasteiger partial charge < -0.3 is 19.3 Å². The lowest BCUT2D eigenvalue weighted by molar-refractivity contribution is 0.0658. The molecule has 1 amide bonds. The zero-order valence-corrected chi connectivity index (χ0v) is 23.0. The Hall–Kier alpha value is -3.64. The van der Waals surface area contributed by atoms with Crippen molar-refractivity contribution in [1.82, 2.24) is 19.4 Å². The van der Waals surface area contributed by atoms with Crippen LogP contribution in [0.1, 0.15) is 44.0 Å². The minimum Gasteiger partial charge on any atom is -0.350 e. The molecule has 2 aliphatic heterocycles. The molecule has 6 heteroatoms. The van der Waals surface area contributed by atoms with Gasteiger partial charge in [-0.2, -0.15) is 0 Å². The first-order valence-electron chi connectivity index (χ1n) is 13.7. The third-order valence-corrected chi connectivity index (χ3v) is 8.50. The zero-order valence-electron chi connectivity index (χ0n) is 23.0. The number of benzene rings is 2. The van der Waals surface area contributed by atoms with Crippen LogP contribution in [0.4, 0.5) is 5.82 Å². The third-order valence-electron chi connectivity index (χ3n) is 8.50. The maximum atomic E-state index is 13.7. The molecule has 0 N–H and O–H groups in total. The fourth-order valence-electron chi connectivity index (χ4n) is 5.89. The fraction of sp³-hybridized carbons (Fsp3) is 0.375. The van der Waals surface area contributed by atoms with Crippen molar-refractivity contribution >= 4 is 22.6 Å². The van der Waals surface area contributed by atoms with Gasteiger partial charge in [-0.1, -0.05) is 54.1 Å². The number of hydrogen-bond acceptors (Lipinski definition) is 4. The lowest BCUT2D eigenvalue weighted by Crippen LogP contribution is -2.47. The Morgan fingerprint density at radius 1 is 0.895 bits per heavy atom. The molecular weight excluding hydrogens is 470 g/mol. The molecule has 0 spiro atoms. The number of likely N-dealkylation sites (N-methyl/N-ethyl adjacent to an activating group) is 1. The number of rotatable bonds is 4. The average molecular weight is 508 g/mol. The first-order chi connectivity index (χ1) is 18.4. The number of fused-ring (bicyclic) bond motifs is 2. The number of aromatic nitrogens is 2. The van der Waals surface area contributed by atoms with E-state index in [1.807, 2.05) is 11.0 Å². The SMILES string of the molecule is Cc1ccc(Cn2c(C)c(C)c3cc(C(=O)N4CCN(C)CC4)nc(N4CCc5ccccc5C4)c32)cc1. The van der Waals surface area contributed by atoms with Crippen LogP contribution >= 0.6 is 0 Å². The molecule has 4 heterocycles. The Kier molecular flexibility index (Phi) is 6.44. The Bertz CT molecular complexity index is 1490. The molecule has 0 unspecified atom stereocenters. The molecule has 2 aliphatic rings. The number of pyridine rings is 1. The maximum absolute atomic E-state index is 13.7. The molecule has 2 aromatic heterocycles. The van der Waals surface area contributed by atoms with E-state index in [1.54, 1.807) is 0 Å². The summed E-state index contributed by atoms with van der Waals surface area (Å²) in [6.45, 7) is 12.3. The first-order valence-corrected chi connectivity index (χ1v) is 13.7. The second-order valence-electron chi connectivity index (χ2n) is 11.0. The van der Waals surface area contributed by atoms with Crippen LogP contribution in [-0.2, 0) is 19.5 Å². The van der Waals surface area contributed by atoms with Crippen molar-refractivity contribution in [1.29, 1.82) is 0 Å². The topological polar surface area (TPSA) is 44.6 Å². The first kappa shape index (κ1) is 24.7. The van der Waals surface area contributed by atoms with E-state index in [2.05, 4.69) is 90.7 Å². The summed E-state index contributed by atoms with van der Waals surface area (Å²) in [5.74, 6) is 0.972. The number of carbonyl (C=O) groups excluding carboxylic acids is 1. The molecule has 1 saturated heterocycles. The van der Waals surface area contributed by atoms with Gasteiger partial charge in [0.05, 0.1) is 5.52 Å². The second kappa shape index (κ2) is 9.91. The lowest BCUT2D eigenvalue weighted by atomic mass is 10.00. The summed E-state index contributed by atoms with van der Waals surface area (Å²) in [5, 5.41) is 1.14. The van der Waals surface area contributed by atoms with Crippen LogP contribution < -0.4 is 4.90 Å². The number of carbonyl (C=O) groups is 1. The number of piperazine rings is 1. The third kappa shape index (κ3) is 4.47. The van der Waals surface area contributed by atoms with Gasteiger partial charge in [0.15, 0.2) is 5.82 Å². The summed E-state index contributed by atoms with van der Waals surface area (Å²) in [7, 11) is 2.11. The van der Waals surface area contributed by atoms with Gasteiger partial charge in [-0.3, -0.25) is 4.79 Å². The molecule has 0 atom stereocenters. The van der Waals surface area contributed by atoms with Crippen LogP contribution in [0.25, 0.3) is 10.9 Å². The molecule has 1 fully saturated rings. The Morgan fingerprint density at radius 3 is 2.34 bits per heavy atom. The molecule has 196 valence electrons. The van der Waals surface area contributed by atoms with Crippen LogP contribution in [0.5, 0.6) is 0 Å². The molecule has 4 aromatic rings. The highest BCUT2D eigenvalue weighted by molar-refractivity contribution is 6.01. The van der Waals surface area contributed by atoms with Gasteiger partial charge in [-0.05, 0) is 62.6 Å². The largest absolute Gasteiger partial charge is 0.350 e. The van der Waals surface area contributed by atoms with Gasteiger partial charge in [0, 0.05) is 56.9 Å². The van der Waals surface area contributed by atoms with E-state index in [9.17, 15) is 4.79 Å². The van der Waals surface area contributed by atoms with Crippen LogP contribution in [-0.4, -0.2) is 65.0 Å². The van der Waals surface area contributed by atoms with Gasteiger partial charge >= 0.3 is 0 Å². The predicted octanol–water partition coefficient (Wildman–Crippen LogP) is 4.96. The van der Waals surface area contributed by atoms with Crippen LogP contribution in [0.3, 0.4) is 0 Å². The van der Waals surface area contributed by atoms with E-state index in [0.717, 1.165) is 69.0 Å². The summed E-state index contributed by atoms with van der Waals surface area (Å²) in [6.07, 6.45) is 0.979. The van der Waals surface area contributed by atoms with Crippen molar-refractivity contribution in [2.24, 2.45) is 0 Å². The van der Waals surface area contributed by atoms with Gasteiger partial charge in [0.25, 0.3) is 5.91 Å². The molecule has 2 aromatic carbocycles. The molecule has 0 aliphatic carbocycles. The molecule has 0 bridgehead atoms. The summed E-state index contributed by atoms with van der Waals surface area (Å²) in [4.78, 5) is 25.5. The van der Waals surface area contributed by atoms with Gasteiger partial charge in [0.1, 0.15) is 5.69 Å². The van der Waals surface area contributed by atoms with Crippen molar-refractivity contribution in [3.8, 4) is 0 Å². The van der Waals surface area contributed by atoms with Gasteiger partial charge in [-0.25, -0.2) is 4.98 Å². The summed E-state index contributed by atoms with van der Waals surface area (Å²) >= 11 is 0. The molecular formula is C32H37N5O. The minimum atomic E-state index is 0.0435. The number of amides is 1. The average Bonchev–Trinajstić information content (AvgIpc) is 3.18. The number of aryl methyl sites for hydroxylation is 2. The molecule has 0 saturated carbocycles. The van der Waals surface area contributed by atoms with Crippen LogP contribution in [0.15, 0.2) is 54.6 Å². The Morgan fingerprint density at radius 2 is 1.61 bits per heavy atom. The van der Waals surface area contributed by atoms with E-state index >= 15 is 0 Å². The van der Waals surface area contributed by atoms with E-state index in [-0.39, 0.29) is 5.91 Å². The van der Waals surface area contributed by atoms with Crippen LogP contribution in [0, 0.1) is 20.8 Å². The van der Waals surface area contributed by atoms with Crippen molar-refractivity contribution < 1.29 is 4.79 Å². The summed E-state index contributed by atoms with van der Waals surface area (Å²) in [6, 6.07) is 19.5. The summed E-state index contributed by atoms with van der Waals surface area (Å²) < 4.78 is 2.41. The number of hydrogen-bond donors (Lipinski definition) is 0. The highest BCUT2D eigenvalue weighted by Crippen LogP contribution is 2.35. The lowest BCUT2D eigenvalue weighted by Gasteiger charge is -2.33. The van der Waals surface area contributed by atoms with E-state index in [0.29, 0.717) is 5.69 Å².